The molecular weight excluding hydrogens is 379 g/mol. The Morgan fingerprint density at radius 3 is 2.63 bits per heavy atom. The second-order valence-corrected chi connectivity index (χ2v) is 7.77. The number of nitrogens with two attached hydrogens (primary N) is 1. The Kier molecular flexibility index (Phi) is 4.83. The normalized spacial score (nSPS) is 23.2. The molecule has 0 aromatic heterocycles. The molecule has 2 atom stereocenters. The predicted molar refractivity (Wildman–Crippen MR) is 81.3 cm³/mol. The minimum absolute atomic E-state index is 0.185. The molecule has 1 aromatic rings. The summed E-state index contributed by atoms with van der Waals surface area (Å²) < 4.78 is 32.9. The van der Waals surface area contributed by atoms with Gasteiger partial charge in [0.25, 0.3) is 0 Å². The van der Waals surface area contributed by atoms with Crippen LogP contribution in [0.2, 0.25) is 0 Å². The van der Waals surface area contributed by atoms with Crippen LogP contribution in [0.4, 0.5) is 0 Å². The van der Waals surface area contributed by atoms with E-state index in [4.69, 9.17) is 10.5 Å². The van der Waals surface area contributed by atoms with Crippen molar-refractivity contribution in [1.82, 2.24) is 4.31 Å². The topological polar surface area (TPSA) is 72.6 Å². The van der Waals surface area contributed by atoms with Crippen molar-refractivity contribution in [2.24, 2.45) is 5.73 Å². The Bertz CT molecular complexity index is 530. The molecule has 0 saturated carbocycles. The molecule has 106 valence electrons. The lowest BCUT2D eigenvalue weighted by molar-refractivity contribution is -0.0120. The maximum Gasteiger partial charge on any atom is 0.243 e. The van der Waals surface area contributed by atoms with Crippen LogP contribution in [-0.2, 0) is 14.8 Å². The molecule has 0 aliphatic carbocycles. The first-order valence-corrected chi connectivity index (χ1v) is 8.56. The summed E-state index contributed by atoms with van der Waals surface area (Å²) in [5.41, 5.74) is 5.78. The van der Waals surface area contributed by atoms with Gasteiger partial charge in [-0.2, -0.15) is 4.31 Å². The van der Waals surface area contributed by atoms with Crippen molar-refractivity contribution in [3.8, 4) is 0 Å². The highest BCUT2D eigenvalue weighted by Gasteiger charge is 2.32. The van der Waals surface area contributed by atoms with Gasteiger partial charge in [-0.25, -0.2) is 8.42 Å². The molecular formula is C12H17IN2O3S. The number of hydrogen-bond acceptors (Lipinski definition) is 4. The molecule has 0 amide bonds. The van der Waals surface area contributed by atoms with E-state index in [1.807, 2.05) is 6.92 Å². The Balaban J connectivity index is 2.22. The average molecular weight is 396 g/mol. The van der Waals surface area contributed by atoms with Gasteiger partial charge in [0.1, 0.15) is 0 Å². The lowest BCUT2D eigenvalue weighted by Gasteiger charge is -2.33. The van der Waals surface area contributed by atoms with Crippen molar-refractivity contribution in [2.75, 3.05) is 19.7 Å². The summed E-state index contributed by atoms with van der Waals surface area (Å²) in [5, 5.41) is 0. The molecule has 1 aliphatic heterocycles. The van der Waals surface area contributed by atoms with E-state index in [-0.39, 0.29) is 12.1 Å². The fraction of sp³-hybridized carbons (Fsp3) is 0.500. The SMILES string of the molecule is CC(N)C1CN(S(=O)(=O)c2ccc(I)cc2)CCO1. The van der Waals surface area contributed by atoms with E-state index in [1.165, 1.54) is 4.31 Å². The zero-order valence-corrected chi connectivity index (χ0v) is 13.6. The van der Waals surface area contributed by atoms with Crippen LogP contribution in [0.1, 0.15) is 6.92 Å². The Labute approximate surface area is 127 Å². The van der Waals surface area contributed by atoms with Gasteiger partial charge in [0, 0.05) is 22.7 Å². The third kappa shape index (κ3) is 3.46. The summed E-state index contributed by atoms with van der Waals surface area (Å²) in [6, 6.07) is 6.66. The number of nitrogens with zero attached hydrogens (tertiary/aromatic N) is 1. The van der Waals surface area contributed by atoms with Crippen molar-refractivity contribution in [3.63, 3.8) is 0 Å². The van der Waals surface area contributed by atoms with Crippen LogP contribution in [0.5, 0.6) is 0 Å². The summed E-state index contributed by atoms with van der Waals surface area (Å²) in [7, 11) is -3.45. The van der Waals surface area contributed by atoms with Crippen LogP contribution in [0.15, 0.2) is 29.2 Å². The lowest BCUT2D eigenvalue weighted by Crippen LogP contribution is -2.51. The Hall–Kier alpha value is -0.220. The second kappa shape index (κ2) is 6.04. The molecule has 1 saturated heterocycles. The standard InChI is InChI=1S/C12H17IN2O3S/c1-9(14)12-8-15(6-7-18-12)19(16,17)11-4-2-10(13)3-5-11/h2-5,9,12H,6-8,14H2,1H3. The zero-order valence-electron chi connectivity index (χ0n) is 10.6. The number of sulfonamides is 1. The van der Waals surface area contributed by atoms with Crippen molar-refractivity contribution in [3.05, 3.63) is 27.8 Å². The quantitative estimate of drug-likeness (QED) is 0.775. The van der Waals surface area contributed by atoms with Gasteiger partial charge < -0.3 is 10.5 Å². The van der Waals surface area contributed by atoms with Gasteiger partial charge >= 0.3 is 0 Å². The zero-order chi connectivity index (χ0) is 14.0. The van der Waals surface area contributed by atoms with Gasteiger partial charge in [-0.05, 0) is 53.8 Å². The van der Waals surface area contributed by atoms with Gasteiger partial charge in [-0.3, -0.25) is 0 Å². The van der Waals surface area contributed by atoms with Crippen LogP contribution in [0.25, 0.3) is 0 Å². The predicted octanol–water partition coefficient (Wildman–Crippen LogP) is 1.03. The smallest absolute Gasteiger partial charge is 0.243 e. The van der Waals surface area contributed by atoms with Crippen molar-refractivity contribution in [1.29, 1.82) is 0 Å². The van der Waals surface area contributed by atoms with E-state index in [9.17, 15) is 8.42 Å². The number of halogens is 1. The molecule has 0 bridgehead atoms. The van der Waals surface area contributed by atoms with Crippen molar-refractivity contribution < 1.29 is 13.2 Å². The van der Waals surface area contributed by atoms with Gasteiger partial charge in [0.05, 0.1) is 17.6 Å². The van der Waals surface area contributed by atoms with Crippen molar-refractivity contribution in [2.45, 2.75) is 24.0 Å². The average Bonchev–Trinajstić information content (AvgIpc) is 2.39. The first kappa shape index (κ1) is 15.2. The number of hydrogen-bond donors (Lipinski definition) is 1. The third-order valence-corrected chi connectivity index (χ3v) is 5.69. The minimum atomic E-state index is -3.45. The molecule has 2 N–H and O–H groups in total. The first-order chi connectivity index (χ1) is 8.91. The van der Waals surface area contributed by atoms with Crippen LogP contribution in [-0.4, -0.2) is 44.6 Å². The highest BCUT2D eigenvalue weighted by Crippen LogP contribution is 2.20. The van der Waals surface area contributed by atoms with Crippen LogP contribution >= 0.6 is 22.6 Å². The highest BCUT2D eigenvalue weighted by molar-refractivity contribution is 14.1. The maximum atomic E-state index is 12.5. The largest absolute Gasteiger partial charge is 0.374 e. The second-order valence-electron chi connectivity index (χ2n) is 4.59. The summed E-state index contributed by atoms with van der Waals surface area (Å²) in [6.45, 7) is 2.89. The summed E-state index contributed by atoms with van der Waals surface area (Å²) in [4.78, 5) is 0.318. The van der Waals surface area contributed by atoms with Crippen LogP contribution < -0.4 is 5.73 Å². The van der Waals surface area contributed by atoms with Crippen LogP contribution in [0.3, 0.4) is 0 Å². The number of morpholine rings is 1. The molecule has 2 unspecified atom stereocenters. The van der Waals surface area contributed by atoms with E-state index in [1.54, 1.807) is 24.3 Å². The summed E-state index contributed by atoms with van der Waals surface area (Å²) in [5.74, 6) is 0. The van der Waals surface area contributed by atoms with Crippen molar-refractivity contribution >= 4 is 32.6 Å². The molecule has 1 heterocycles. The molecule has 19 heavy (non-hydrogen) atoms. The monoisotopic (exact) mass is 396 g/mol. The number of ether oxygens (including phenoxy) is 1. The molecule has 0 radical (unpaired) electrons. The van der Waals surface area contributed by atoms with Crippen LogP contribution in [0, 0.1) is 3.57 Å². The van der Waals surface area contributed by atoms with E-state index in [2.05, 4.69) is 22.6 Å². The highest BCUT2D eigenvalue weighted by atomic mass is 127. The van der Waals surface area contributed by atoms with E-state index < -0.39 is 10.0 Å². The molecule has 1 fully saturated rings. The molecule has 7 heteroatoms. The maximum absolute atomic E-state index is 12.5. The molecule has 2 rings (SSSR count). The van der Waals surface area contributed by atoms with Gasteiger partial charge in [-0.15, -0.1) is 0 Å². The van der Waals surface area contributed by atoms with E-state index in [0.717, 1.165) is 3.57 Å². The molecule has 5 nitrogen and oxygen atoms in total. The molecule has 1 aliphatic rings. The first-order valence-electron chi connectivity index (χ1n) is 6.04. The number of rotatable bonds is 3. The Morgan fingerprint density at radius 2 is 2.05 bits per heavy atom. The van der Waals surface area contributed by atoms with Gasteiger partial charge in [0.2, 0.25) is 10.0 Å². The molecule has 1 aromatic carbocycles. The van der Waals surface area contributed by atoms with E-state index in [0.29, 0.717) is 24.6 Å². The number of benzene rings is 1. The third-order valence-electron chi connectivity index (χ3n) is 3.09. The fourth-order valence-corrected chi connectivity index (χ4v) is 3.74. The van der Waals surface area contributed by atoms with E-state index >= 15 is 0 Å². The van der Waals surface area contributed by atoms with Gasteiger partial charge in [-0.1, -0.05) is 0 Å². The lowest BCUT2D eigenvalue weighted by atomic mass is 10.2. The molecule has 0 spiro atoms. The summed E-state index contributed by atoms with van der Waals surface area (Å²) in [6.07, 6.45) is -0.243. The Morgan fingerprint density at radius 1 is 1.42 bits per heavy atom. The van der Waals surface area contributed by atoms with Gasteiger partial charge in [0.15, 0.2) is 0 Å². The summed E-state index contributed by atoms with van der Waals surface area (Å²) >= 11 is 2.15. The fourth-order valence-electron chi connectivity index (χ4n) is 1.94. The minimum Gasteiger partial charge on any atom is -0.374 e.